The molecule has 1 atom stereocenters. The first kappa shape index (κ1) is 25.6. The zero-order valence-electron chi connectivity index (χ0n) is 21.1. The number of halogens is 1. The van der Waals surface area contributed by atoms with E-state index < -0.39 is 0 Å². The minimum Gasteiger partial charge on any atom is -0.455 e. The van der Waals surface area contributed by atoms with Crippen molar-refractivity contribution in [1.82, 2.24) is 10.3 Å². The monoisotopic (exact) mass is 497 g/mol. The van der Waals surface area contributed by atoms with Crippen molar-refractivity contribution in [3.8, 4) is 11.3 Å². The summed E-state index contributed by atoms with van der Waals surface area (Å²) in [6, 6.07) is 13.6. The molecule has 188 valence electrons. The van der Waals surface area contributed by atoms with Gasteiger partial charge in [0.1, 0.15) is 17.2 Å². The summed E-state index contributed by atoms with van der Waals surface area (Å²) in [6.07, 6.45) is 7.16. The van der Waals surface area contributed by atoms with Gasteiger partial charge in [-0.2, -0.15) is 0 Å². The highest BCUT2D eigenvalue weighted by atomic mass is 19.1. The van der Waals surface area contributed by atoms with E-state index in [4.69, 9.17) is 4.42 Å². The quantitative estimate of drug-likeness (QED) is 0.216. The predicted molar refractivity (Wildman–Crippen MR) is 146 cm³/mol. The number of nitrogens with zero attached hydrogens (tertiary/aromatic N) is 1. The molecule has 0 saturated heterocycles. The first-order chi connectivity index (χ1) is 17.8. The van der Waals surface area contributed by atoms with Crippen molar-refractivity contribution in [3.05, 3.63) is 112 Å². The molecule has 2 aromatic carbocycles. The standard InChI is InChI=1S/C30H28FN3O3/c1-5-21(12-14-32-17-35)29-19(3)28(36)24-16-18(2)15-23(30(24)37-29)20(4)34-26-11-8-13-33-27(26)22-9-6-7-10-25(22)31/h5-17,20,34H,1-4H3,(H,32,35)/b14-12-,21-5+. The van der Waals surface area contributed by atoms with Gasteiger partial charge in [-0.15, -0.1) is 0 Å². The molecule has 6 nitrogen and oxygen atoms in total. The highest BCUT2D eigenvalue weighted by Gasteiger charge is 2.20. The van der Waals surface area contributed by atoms with Gasteiger partial charge in [0.15, 0.2) is 5.43 Å². The Labute approximate surface area is 214 Å². The molecule has 0 aliphatic rings. The number of nitrogens with one attached hydrogen (secondary N) is 2. The van der Waals surface area contributed by atoms with Gasteiger partial charge in [0, 0.05) is 34.7 Å². The Morgan fingerprint density at radius 3 is 2.65 bits per heavy atom. The minimum absolute atomic E-state index is 0.127. The van der Waals surface area contributed by atoms with Crippen molar-refractivity contribution >= 4 is 28.6 Å². The maximum absolute atomic E-state index is 14.6. The van der Waals surface area contributed by atoms with Crippen LogP contribution in [0.5, 0.6) is 0 Å². The van der Waals surface area contributed by atoms with E-state index >= 15 is 0 Å². The molecule has 4 rings (SSSR count). The number of allylic oxidation sites excluding steroid dienone is 3. The number of carbonyl (C=O) groups is 1. The molecular formula is C30H28FN3O3. The van der Waals surface area contributed by atoms with E-state index in [9.17, 15) is 14.0 Å². The zero-order chi connectivity index (χ0) is 26.5. The first-order valence-electron chi connectivity index (χ1n) is 11.9. The average Bonchev–Trinajstić information content (AvgIpc) is 2.90. The Bertz CT molecular complexity index is 1590. The Morgan fingerprint density at radius 1 is 1.14 bits per heavy atom. The fraction of sp³-hybridized carbons (Fsp3) is 0.167. The lowest BCUT2D eigenvalue weighted by atomic mass is 9.98. The summed E-state index contributed by atoms with van der Waals surface area (Å²) in [6.45, 7) is 7.44. The van der Waals surface area contributed by atoms with Gasteiger partial charge in [-0.3, -0.25) is 14.6 Å². The lowest BCUT2D eigenvalue weighted by Gasteiger charge is -2.20. The molecule has 1 unspecified atom stereocenters. The molecule has 4 aromatic rings. The maximum atomic E-state index is 14.6. The number of pyridine rings is 1. The normalized spacial score (nSPS) is 12.6. The molecule has 0 spiro atoms. The number of carbonyl (C=O) groups excluding carboxylic acids is 1. The summed E-state index contributed by atoms with van der Waals surface area (Å²) >= 11 is 0. The molecule has 2 N–H and O–H groups in total. The van der Waals surface area contributed by atoms with E-state index in [0.29, 0.717) is 51.2 Å². The van der Waals surface area contributed by atoms with E-state index in [-0.39, 0.29) is 17.3 Å². The van der Waals surface area contributed by atoms with Crippen molar-refractivity contribution in [3.63, 3.8) is 0 Å². The molecule has 0 saturated carbocycles. The van der Waals surface area contributed by atoms with Gasteiger partial charge in [-0.05, 0) is 69.7 Å². The van der Waals surface area contributed by atoms with Gasteiger partial charge < -0.3 is 15.1 Å². The fourth-order valence-electron chi connectivity index (χ4n) is 4.35. The van der Waals surface area contributed by atoms with Gasteiger partial charge in [-0.1, -0.05) is 24.3 Å². The molecule has 2 heterocycles. The fourth-order valence-corrected chi connectivity index (χ4v) is 4.35. The first-order valence-corrected chi connectivity index (χ1v) is 11.9. The summed E-state index contributed by atoms with van der Waals surface area (Å²) in [7, 11) is 0. The molecular weight excluding hydrogens is 469 g/mol. The van der Waals surface area contributed by atoms with Gasteiger partial charge in [0.25, 0.3) is 0 Å². The SMILES string of the molecule is C/C=C(\C=C/NC=O)c1oc2c(C(C)Nc3cccnc3-c3ccccc3F)cc(C)cc2c(=O)c1C. The Morgan fingerprint density at radius 2 is 1.92 bits per heavy atom. The van der Waals surface area contributed by atoms with Crippen LogP contribution in [0.4, 0.5) is 10.1 Å². The van der Waals surface area contributed by atoms with E-state index in [0.717, 1.165) is 11.1 Å². The van der Waals surface area contributed by atoms with E-state index in [1.165, 1.54) is 12.3 Å². The van der Waals surface area contributed by atoms with Crippen LogP contribution in [0.1, 0.15) is 42.3 Å². The van der Waals surface area contributed by atoms with E-state index in [1.54, 1.807) is 43.5 Å². The van der Waals surface area contributed by atoms with Crippen molar-refractivity contribution in [1.29, 1.82) is 0 Å². The third-order valence-corrected chi connectivity index (χ3v) is 6.17. The second kappa shape index (κ2) is 11.0. The molecule has 0 radical (unpaired) electrons. The number of benzene rings is 2. The lowest BCUT2D eigenvalue weighted by molar-refractivity contribution is -0.108. The van der Waals surface area contributed by atoms with Crippen LogP contribution in [0.15, 0.2) is 82.3 Å². The number of anilines is 1. The molecule has 2 aromatic heterocycles. The van der Waals surface area contributed by atoms with Gasteiger partial charge in [0.05, 0.1) is 22.8 Å². The number of aryl methyl sites for hydroxylation is 1. The number of fused-ring (bicyclic) bond motifs is 1. The Kier molecular flexibility index (Phi) is 7.63. The topological polar surface area (TPSA) is 84.2 Å². The van der Waals surface area contributed by atoms with Crippen LogP contribution in [0, 0.1) is 19.7 Å². The summed E-state index contributed by atoms with van der Waals surface area (Å²) in [5.41, 5.74) is 4.70. The van der Waals surface area contributed by atoms with Crippen molar-refractivity contribution in [2.24, 2.45) is 0 Å². The van der Waals surface area contributed by atoms with Crippen LogP contribution in [0.3, 0.4) is 0 Å². The van der Waals surface area contributed by atoms with Crippen LogP contribution in [0.2, 0.25) is 0 Å². The van der Waals surface area contributed by atoms with Gasteiger partial charge >= 0.3 is 0 Å². The van der Waals surface area contributed by atoms with Gasteiger partial charge in [-0.25, -0.2) is 4.39 Å². The Balaban J connectivity index is 1.84. The zero-order valence-corrected chi connectivity index (χ0v) is 21.1. The molecule has 7 heteroatoms. The van der Waals surface area contributed by atoms with Crippen LogP contribution >= 0.6 is 0 Å². The lowest BCUT2D eigenvalue weighted by Crippen LogP contribution is -2.13. The molecule has 0 aliphatic carbocycles. The van der Waals surface area contributed by atoms with Crippen LogP contribution in [0.25, 0.3) is 27.8 Å². The summed E-state index contributed by atoms with van der Waals surface area (Å²) < 4.78 is 21.0. The van der Waals surface area contributed by atoms with Crippen LogP contribution in [-0.4, -0.2) is 11.4 Å². The number of amides is 1. The number of aromatic nitrogens is 1. The van der Waals surface area contributed by atoms with E-state index in [1.807, 2.05) is 45.0 Å². The average molecular weight is 498 g/mol. The molecule has 0 fully saturated rings. The van der Waals surface area contributed by atoms with Crippen molar-refractivity contribution in [2.75, 3.05) is 5.32 Å². The highest BCUT2D eigenvalue weighted by Crippen LogP contribution is 2.34. The van der Waals surface area contributed by atoms with Crippen molar-refractivity contribution < 1.29 is 13.6 Å². The molecule has 0 bridgehead atoms. The molecule has 0 aliphatic heterocycles. The molecule has 37 heavy (non-hydrogen) atoms. The Hall–Kier alpha value is -4.52. The highest BCUT2D eigenvalue weighted by molar-refractivity contribution is 5.85. The minimum atomic E-state index is -0.361. The van der Waals surface area contributed by atoms with E-state index in [2.05, 4.69) is 15.6 Å². The number of hydrogen-bond acceptors (Lipinski definition) is 5. The molecule has 1 amide bonds. The number of hydrogen-bond donors (Lipinski definition) is 2. The smallest absolute Gasteiger partial charge is 0.211 e. The maximum Gasteiger partial charge on any atom is 0.211 e. The summed E-state index contributed by atoms with van der Waals surface area (Å²) in [5.74, 6) is 0.0645. The third-order valence-electron chi connectivity index (χ3n) is 6.17. The van der Waals surface area contributed by atoms with Gasteiger partial charge in [0.2, 0.25) is 6.41 Å². The second-order valence-corrected chi connectivity index (χ2v) is 8.72. The summed E-state index contributed by atoms with van der Waals surface area (Å²) in [5, 5.41) is 6.40. The second-order valence-electron chi connectivity index (χ2n) is 8.72. The van der Waals surface area contributed by atoms with Crippen LogP contribution < -0.4 is 16.1 Å². The summed E-state index contributed by atoms with van der Waals surface area (Å²) in [4.78, 5) is 28.5. The third kappa shape index (κ3) is 5.21. The van der Waals surface area contributed by atoms with Crippen molar-refractivity contribution in [2.45, 2.75) is 33.7 Å². The largest absolute Gasteiger partial charge is 0.455 e. The predicted octanol–water partition coefficient (Wildman–Crippen LogP) is 6.45. The van der Waals surface area contributed by atoms with Crippen LogP contribution in [-0.2, 0) is 4.79 Å². The number of rotatable bonds is 8.